The van der Waals surface area contributed by atoms with Gasteiger partial charge in [0.05, 0.1) is 5.41 Å². The number of Topliss-reactive ketones (excluding diaryl/α,β-unsaturated/α-hetero) is 1. The van der Waals surface area contributed by atoms with E-state index in [1.807, 2.05) is 91.0 Å². The molecule has 4 aromatic rings. The van der Waals surface area contributed by atoms with Crippen LogP contribution < -0.4 is 4.74 Å². The normalized spacial score (nSPS) is 12.3. The van der Waals surface area contributed by atoms with E-state index in [4.69, 9.17) is 4.74 Å². The van der Waals surface area contributed by atoms with Crippen LogP contribution in [-0.2, 0) is 12.0 Å². The molecule has 4 rings (SSSR count). The molecule has 0 saturated carbocycles. The van der Waals surface area contributed by atoms with E-state index in [0.29, 0.717) is 24.3 Å². The summed E-state index contributed by atoms with van der Waals surface area (Å²) in [5.74, 6) is 0.768. The molecule has 3 heteroatoms. The van der Waals surface area contributed by atoms with Crippen molar-refractivity contribution in [3.63, 3.8) is 0 Å². The van der Waals surface area contributed by atoms with Crippen LogP contribution in [0.5, 0.6) is 5.75 Å². The third kappa shape index (κ3) is 5.52. The number of benzene rings is 4. The Morgan fingerprint density at radius 2 is 1.31 bits per heavy atom. The van der Waals surface area contributed by atoms with Crippen LogP contribution in [0.25, 0.3) is 0 Å². The topological polar surface area (TPSA) is 29.5 Å². The SMILES string of the molecule is C[C@@H](CC(C(=O)c1cccc(OCc2ccccc2)c1)(c1ccccc1)c1ccccc1)N(C)C. The molecule has 0 radical (unpaired) electrons. The highest BCUT2D eigenvalue weighted by Crippen LogP contribution is 2.41. The summed E-state index contributed by atoms with van der Waals surface area (Å²) in [6, 6.07) is 38.2. The second-order valence-corrected chi connectivity index (χ2v) is 9.29. The van der Waals surface area contributed by atoms with Gasteiger partial charge in [0.15, 0.2) is 5.78 Å². The number of carbonyl (C=O) groups excluding carboxylic acids is 1. The fourth-order valence-corrected chi connectivity index (χ4v) is 4.54. The summed E-state index contributed by atoms with van der Waals surface area (Å²) in [7, 11) is 4.13. The van der Waals surface area contributed by atoms with E-state index in [9.17, 15) is 4.79 Å². The highest BCUT2D eigenvalue weighted by molar-refractivity contribution is 6.06. The first kappa shape index (κ1) is 24.4. The standard InChI is InChI=1S/C32H33NO2/c1-25(33(2)3)23-32(28-17-9-5-10-18-28,29-19-11-6-12-20-29)31(34)27-16-13-21-30(22-27)35-24-26-14-7-4-8-15-26/h4-22,25H,23-24H2,1-3H3/t25-/m0/s1. The smallest absolute Gasteiger partial charge is 0.177 e. The summed E-state index contributed by atoms with van der Waals surface area (Å²) in [6.45, 7) is 2.63. The molecule has 0 N–H and O–H groups in total. The zero-order valence-electron chi connectivity index (χ0n) is 20.7. The average molecular weight is 464 g/mol. The molecule has 0 fully saturated rings. The van der Waals surface area contributed by atoms with Crippen molar-refractivity contribution in [2.24, 2.45) is 0 Å². The molecule has 1 atom stereocenters. The van der Waals surface area contributed by atoms with E-state index in [0.717, 1.165) is 16.7 Å². The summed E-state index contributed by atoms with van der Waals surface area (Å²) >= 11 is 0. The van der Waals surface area contributed by atoms with Crippen LogP contribution in [0.4, 0.5) is 0 Å². The van der Waals surface area contributed by atoms with Crippen LogP contribution in [0.3, 0.4) is 0 Å². The van der Waals surface area contributed by atoms with Gasteiger partial charge in [-0.3, -0.25) is 4.79 Å². The Bertz CT molecular complexity index is 1180. The fraction of sp³-hybridized carbons (Fsp3) is 0.219. The summed E-state index contributed by atoms with van der Waals surface area (Å²) in [4.78, 5) is 16.8. The average Bonchev–Trinajstić information content (AvgIpc) is 2.91. The Kier molecular flexibility index (Phi) is 7.79. The second-order valence-electron chi connectivity index (χ2n) is 9.29. The van der Waals surface area contributed by atoms with E-state index >= 15 is 0 Å². The minimum Gasteiger partial charge on any atom is -0.489 e. The summed E-state index contributed by atoms with van der Waals surface area (Å²) in [5.41, 5.74) is 2.91. The first-order valence-electron chi connectivity index (χ1n) is 12.1. The van der Waals surface area contributed by atoms with Crippen molar-refractivity contribution < 1.29 is 9.53 Å². The van der Waals surface area contributed by atoms with Gasteiger partial charge in [-0.05, 0) is 56.3 Å². The maximum Gasteiger partial charge on any atom is 0.177 e. The zero-order chi connectivity index (χ0) is 24.7. The lowest BCUT2D eigenvalue weighted by Gasteiger charge is -2.38. The van der Waals surface area contributed by atoms with Gasteiger partial charge >= 0.3 is 0 Å². The Hall–Kier alpha value is -3.69. The number of ketones is 1. The van der Waals surface area contributed by atoms with Gasteiger partial charge in [-0.25, -0.2) is 0 Å². The predicted molar refractivity (Wildman–Crippen MR) is 143 cm³/mol. The third-order valence-electron chi connectivity index (χ3n) is 6.75. The lowest BCUT2D eigenvalue weighted by molar-refractivity contribution is 0.0882. The molecule has 0 bridgehead atoms. The number of nitrogens with zero attached hydrogens (tertiary/aromatic N) is 1. The molecule has 35 heavy (non-hydrogen) atoms. The van der Waals surface area contributed by atoms with Gasteiger partial charge in [-0.1, -0.05) is 103 Å². The fourth-order valence-electron chi connectivity index (χ4n) is 4.54. The van der Waals surface area contributed by atoms with Crippen molar-refractivity contribution >= 4 is 5.78 Å². The molecule has 0 amide bonds. The molecule has 3 nitrogen and oxygen atoms in total. The third-order valence-corrected chi connectivity index (χ3v) is 6.75. The van der Waals surface area contributed by atoms with Crippen LogP contribution in [-0.4, -0.2) is 30.8 Å². The molecule has 0 spiro atoms. The number of hydrogen-bond donors (Lipinski definition) is 0. The molecule has 0 aliphatic heterocycles. The van der Waals surface area contributed by atoms with Gasteiger partial charge in [-0.2, -0.15) is 0 Å². The minimum atomic E-state index is -0.829. The lowest BCUT2D eigenvalue weighted by atomic mass is 9.66. The van der Waals surface area contributed by atoms with Crippen molar-refractivity contribution in [3.05, 3.63) is 138 Å². The highest BCUT2D eigenvalue weighted by Gasteiger charge is 2.43. The molecule has 0 aliphatic rings. The lowest BCUT2D eigenvalue weighted by Crippen LogP contribution is -2.43. The Morgan fingerprint density at radius 1 is 0.771 bits per heavy atom. The summed E-state index contributed by atoms with van der Waals surface area (Å²) < 4.78 is 6.07. The molecule has 0 aromatic heterocycles. The predicted octanol–water partition coefficient (Wildman–Crippen LogP) is 6.77. The van der Waals surface area contributed by atoms with Crippen LogP contribution in [0.1, 0.15) is 40.4 Å². The molecule has 178 valence electrons. The molecule has 4 aromatic carbocycles. The van der Waals surface area contributed by atoms with Crippen LogP contribution in [0.15, 0.2) is 115 Å². The van der Waals surface area contributed by atoms with Gasteiger partial charge in [0.2, 0.25) is 0 Å². The first-order valence-corrected chi connectivity index (χ1v) is 12.1. The molecule has 0 aliphatic carbocycles. The van der Waals surface area contributed by atoms with Crippen molar-refractivity contribution in [2.45, 2.75) is 31.4 Å². The van der Waals surface area contributed by atoms with Gasteiger partial charge in [0.1, 0.15) is 12.4 Å². The largest absolute Gasteiger partial charge is 0.489 e. The van der Waals surface area contributed by atoms with Crippen molar-refractivity contribution in [2.75, 3.05) is 14.1 Å². The number of ether oxygens (including phenoxy) is 1. The summed E-state index contributed by atoms with van der Waals surface area (Å²) in [6.07, 6.45) is 0.655. The molecule has 0 saturated heterocycles. The van der Waals surface area contributed by atoms with Crippen molar-refractivity contribution in [3.8, 4) is 5.75 Å². The van der Waals surface area contributed by atoms with Crippen molar-refractivity contribution in [1.82, 2.24) is 4.90 Å². The van der Waals surface area contributed by atoms with Gasteiger partial charge < -0.3 is 9.64 Å². The molecular weight excluding hydrogens is 430 g/mol. The number of hydrogen-bond acceptors (Lipinski definition) is 3. The quantitative estimate of drug-likeness (QED) is 0.243. The zero-order valence-corrected chi connectivity index (χ0v) is 20.7. The van der Waals surface area contributed by atoms with E-state index in [1.165, 1.54) is 0 Å². The number of carbonyl (C=O) groups is 1. The molecular formula is C32H33NO2. The number of rotatable bonds is 10. The van der Waals surface area contributed by atoms with Gasteiger partial charge in [-0.15, -0.1) is 0 Å². The minimum absolute atomic E-state index is 0.0776. The maximum absolute atomic E-state index is 14.6. The second kappa shape index (κ2) is 11.2. The van der Waals surface area contributed by atoms with Gasteiger partial charge in [0.25, 0.3) is 0 Å². The Balaban J connectivity index is 1.78. The monoisotopic (exact) mass is 463 g/mol. The van der Waals surface area contributed by atoms with E-state index in [-0.39, 0.29) is 11.8 Å². The van der Waals surface area contributed by atoms with Crippen LogP contribution in [0, 0.1) is 0 Å². The van der Waals surface area contributed by atoms with E-state index in [2.05, 4.69) is 50.2 Å². The summed E-state index contributed by atoms with van der Waals surface area (Å²) in [5, 5.41) is 0. The molecule has 0 unspecified atom stereocenters. The maximum atomic E-state index is 14.6. The van der Waals surface area contributed by atoms with Crippen molar-refractivity contribution in [1.29, 1.82) is 0 Å². The Labute approximate surface area is 209 Å². The van der Waals surface area contributed by atoms with Gasteiger partial charge in [0, 0.05) is 11.6 Å². The molecule has 0 heterocycles. The van der Waals surface area contributed by atoms with E-state index in [1.54, 1.807) is 0 Å². The first-order chi connectivity index (χ1) is 17.0. The van der Waals surface area contributed by atoms with Crippen LogP contribution in [0.2, 0.25) is 0 Å². The Morgan fingerprint density at radius 3 is 1.86 bits per heavy atom. The highest BCUT2D eigenvalue weighted by atomic mass is 16.5. The van der Waals surface area contributed by atoms with E-state index < -0.39 is 5.41 Å². The van der Waals surface area contributed by atoms with Crippen LogP contribution >= 0.6 is 0 Å².